The Labute approximate surface area is 146 Å². The van der Waals surface area contributed by atoms with Gasteiger partial charge in [0, 0.05) is 25.2 Å². The smallest absolute Gasteiger partial charge is 0.317 e. The van der Waals surface area contributed by atoms with Gasteiger partial charge in [-0.05, 0) is 31.5 Å². The van der Waals surface area contributed by atoms with E-state index in [0.717, 1.165) is 19.4 Å². The number of hydrogen-bond acceptors (Lipinski definition) is 5. The molecule has 25 heavy (non-hydrogen) atoms. The van der Waals surface area contributed by atoms with E-state index in [2.05, 4.69) is 5.32 Å². The van der Waals surface area contributed by atoms with Crippen molar-refractivity contribution in [3.05, 3.63) is 35.4 Å². The van der Waals surface area contributed by atoms with E-state index in [-0.39, 0.29) is 24.4 Å². The number of nitrogens with one attached hydrogen (secondary N) is 1. The first kappa shape index (κ1) is 17.6. The van der Waals surface area contributed by atoms with E-state index in [9.17, 15) is 14.4 Å². The Bertz CT molecular complexity index is 650. The number of benzene rings is 1. The third-order valence-electron chi connectivity index (χ3n) is 5.02. The molecule has 0 saturated heterocycles. The summed E-state index contributed by atoms with van der Waals surface area (Å²) in [5.41, 5.74) is 0.951. The number of nitrogens with zero attached hydrogens (tertiary/aromatic N) is 2. The van der Waals surface area contributed by atoms with Crippen molar-refractivity contribution in [2.45, 2.75) is 31.8 Å². The van der Waals surface area contributed by atoms with Gasteiger partial charge in [0.1, 0.15) is 0 Å². The zero-order chi connectivity index (χ0) is 18.0. The van der Waals surface area contributed by atoms with E-state index < -0.39 is 5.97 Å². The first-order valence-electron chi connectivity index (χ1n) is 8.65. The van der Waals surface area contributed by atoms with Gasteiger partial charge in [-0.25, -0.2) is 0 Å². The number of imide groups is 1. The lowest BCUT2D eigenvalue weighted by molar-refractivity contribution is -0.139. The predicted octanol–water partition coefficient (Wildman–Crippen LogP) is 0.810. The average Bonchev–Trinajstić information content (AvgIpc) is 2.80. The lowest BCUT2D eigenvalue weighted by Gasteiger charge is -2.42. The highest BCUT2D eigenvalue weighted by molar-refractivity contribution is 6.21. The molecule has 0 radical (unpaired) electrons. The number of hydrogen-bond donors (Lipinski definition) is 2. The molecule has 7 nitrogen and oxygen atoms in total. The summed E-state index contributed by atoms with van der Waals surface area (Å²) in [5, 5.41) is 12.3. The van der Waals surface area contributed by atoms with Crippen molar-refractivity contribution in [1.29, 1.82) is 0 Å². The van der Waals surface area contributed by atoms with Crippen LogP contribution in [0, 0.1) is 0 Å². The second-order valence-electron chi connectivity index (χ2n) is 6.54. The van der Waals surface area contributed by atoms with Crippen LogP contribution in [0.25, 0.3) is 0 Å². The van der Waals surface area contributed by atoms with E-state index in [1.807, 2.05) is 11.8 Å². The number of aliphatic carboxylic acids is 1. The van der Waals surface area contributed by atoms with Crippen molar-refractivity contribution in [1.82, 2.24) is 15.1 Å². The Morgan fingerprint density at radius 3 is 2.36 bits per heavy atom. The van der Waals surface area contributed by atoms with E-state index in [4.69, 9.17) is 5.11 Å². The summed E-state index contributed by atoms with van der Waals surface area (Å²) in [6.07, 6.45) is 1.78. The van der Waals surface area contributed by atoms with Crippen LogP contribution in [0.4, 0.5) is 0 Å². The molecule has 1 fully saturated rings. The van der Waals surface area contributed by atoms with Crippen molar-refractivity contribution in [2.75, 3.05) is 26.2 Å². The fourth-order valence-electron chi connectivity index (χ4n) is 3.55. The number of rotatable bonds is 8. The van der Waals surface area contributed by atoms with Gasteiger partial charge in [0.25, 0.3) is 11.8 Å². The summed E-state index contributed by atoms with van der Waals surface area (Å²) < 4.78 is 0. The maximum Gasteiger partial charge on any atom is 0.317 e. The maximum atomic E-state index is 12.3. The molecular weight excluding hydrogens is 322 g/mol. The Morgan fingerprint density at radius 2 is 1.84 bits per heavy atom. The minimum Gasteiger partial charge on any atom is -0.480 e. The van der Waals surface area contributed by atoms with Gasteiger partial charge in [-0.15, -0.1) is 0 Å². The first-order valence-corrected chi connectivity index (χ1v) is 8.65. The molecule has 1 aromatic rings. The summed E-state index contributed by atoms with van der Waals surface area (Å²) in [5.74, 6) is -1.26. The number of likely N-dealkylation sites (N-methyl/N-ethyl adjacent to an activating group) is 1. The van der Waals surface area contributed by atoms with Gasteiger partial charge in [-0.2, -0.15) is 0 Å². The van der Waals surface area contributed by atoms with E-state index in [0.29, 0.717) is 30.3 Å². The number of carboxylic acid groups (broad SMARTS) is 1. The average molecular weight is 345 g/mol. The molecule has 0 atom stereocenters. The standard InChI is InChI=1S/C18H23N3O4/c1-2-20(11-16(22)23)13-9-12(10-13)19-7-8-21-17(24)14-5-3-4-6-15(14)18(21)25/h3-6,12-13,19H,2,7-11H2,1H3,(H,22,23). The second kappa shape index (κ2) is 7.33. The number of carbonyl (C=O) groups excluding carboxylic acids is 2. The van der Waals surface area contributed by atoms with Gasteiger partial charge in [0.15, 0.2) is 0 Å². The summed E-state index contributed by atoms with van der Waals surface area (Å²) in [7, 11) is 0. The normalized spacial score (nSPS) is 22.2. The Hall–Kier alpha value is -2.25. The van der Waals surface area contributed by atoms with E-state index in [1.54, 1.807) is 24.3 Å². The van der Waals surface area contributed by atoms with Gasteiger partial charge < -0.3 is 10.4 Å². The van der Waals surface area contributed by atoms with Crippen molar-refractivity contribution >= 4 is 17.8 Å². The summed E-state index contributed by atoms with van der Waals surface area (Å²) >= 11 is 0. The third kappa shape index (κ3) is 3.57. The zero-order valence-electron chi connectivity index (χ0n) is 14.3. The number of carbonyl (C=O) groups is 3. The second-order valence-corrected chi connectivity index (χ2v) is 6.54. The molecule has 0 spiro atoms. The van der Waals surface area contributed by atoms with Crippen molar-refractivity contribution < 1.29 is 19.5 Å². The summed E-state index contributed by atoms with van der Waals surface area (Å²) in [6, 6.07) is 7.48. The van der Waals surface area contributed by atoms with Crippen LogP contribution >= 0.6 is 0 Å². The van der Waals surface area contributed by atoms with Crippen LogP contribution in [0.15, 0.2) is 24.3 Å². The molecule has 3 rings (SSSR count). The fourth-order valence-corrected chi connectivity index (χ4v) is 3.55. The molecule has 1 aliphatic heterocycles. The molecule has 2 N–H and O–H groups in total. The molecule has 0 bridgehead atoms. The lowest BCUT2D eigenvalue weighted by Crippen LogP contribution is -2.54. The monoisotopic (exact) mass is 345 g/mol. The van der Waals surface area contributed by atoms with Crippen molar-refractivity contribution in [2.24, 2.45) is 0 Å². The van der Waals surface area contributed by atoms with Gasteiger partial charge in [-0.3, -0.25) is 24.2 Å². The number of amides is 2. The molecule has 1 heterocycles. The molecule has 1 saturated carbocycles. The van der Waals surface area contributed by atoms with Gasteiger partial charge >= 0.3 is 5.97 Å². The SMILES string of the molecule is CCN(CC(=O)O)C1CC(NCCN2C(=O)c3ccccc3C2=O)C1. The fraction of sp³-hybridized carbons (Fsp3) is 0.500. The maximum absolute atomic E-state index is 12.3. The molecule has 2 aliphatic rings. The highest BCUT2D eigenvalue weighted by Crippen LogP contribution is 2.26. The zero-order valence-corrected chi connectivity index (χ0v) is 14.3. The lowest BCUT2D eigenvalue weighted by atomic mass is 9.85. The first-order chi connectivity index (χ1) is 12.0. The van der Waals surface area contributed by atoms with Crippen LogP contribution in [0.2, 0.25) is 0 Å². The molecule has 1 aliphatic carbocycles. The Morgan fingerprint density at radius 1 is 1.24 bits per heavy atom. The minimum atomic E-state index is -0.802. The van der Waals surface area contributed by atoms with Crippen LogP contribution in [-0.2, 0) is 4.79 Å². The topological polar surface area (TPSA) is 90.0 Å². The largest absolute Gasteiger partial charge is 0.480 e. The Balaban J connectivity index is 1.43. The van der Waals surface area contributed by atoms with Crippen molar-refractivity contribution in [3.8, 4) is 0 Å². The predicted molar refractivity (Wildman–Crippen MR) is 91.5 cm³/mol. The molecule has 0 unspecified atom stereocenters. The van der Waals surface area contributed by atoms with Gasteiger partial charge in [0.2, 0.25) is 0 Å². The number of fused-ring (bicyclic) bond motifs is 1. The van der Waals surface area contributed by atoms with E-state index in [1.165, 1.54) is 4.90 Å². The molecule has 134 valence electrons. The van der Waals surface area contributed by atoms with Crippen LogP contribution in [0.3, 0.4) is 0 Å². The van der Waals surface area contributed by atoms with Crippen molar-refractivity contribution in [3.63, 3.8) is 0 Å². The molecule has 0 aromatic heterocycles. The van der Waals surface area contributed by atoms with Gasteiger partial charge in [0.05, 0.1) is 17.7 Å². The van der Waals surface area contributed by atoms with E-state index >= 15 is 0 Å². The van der Waals surface area contributed by atoms with Crippen LogP contribution in [0.5, 0.6) is 0 Å². The summed E-state index contributed by atoms with van der Waals surface area (Å²) in [6.45, 7) is 3.65. The summed E-state index contributed by atoms with van der Waals surface area (Å²) in [4.78, 5) is 38.6. The molecule has 2 amide bonds. The Kier molecular flexibility index (Phi) is 5.15. The quantitative estimate of drug-likeness (QED) is 0.678. The van der Waals surface area contributed by atoms with Crippen LogP contribution < -0.4 is 5.32 Å². The third-order valence-corrected chi connectivity index (χ3v) is 5.02. The van der Waals surface area contributed by atoms with Crippen LogP contribution in [-0.4, -0.2) is 71.0 Å². The minimum absolute atomic E-state index is 0.0723. The highest BCUT2D eigenvalue weighted by Gasteiger charge is 2.36. The molecular formula is C18H23N3O4. The molecule has 1 aromatic carbocycles. The highest BCUT2D eigenvalue weighted by atomic mass is 16.4. The molecule has 7 heteroatoms. The number of carboxylic acids is 1. The van der Waals surface area contributed by atoms with Crippen LogP contribution in [0.1, 0.15) is 40.5 Å². The van der Waals surface area contributed by atoms with Gasteiger partial charge in [-0.1, -0.05) is 19.1 Å².